The maximum Gasteiger partial charge on any atom is 0.158 e. The fourth-order valence-corrected chi connectivity index (χ4v) is 2.30. The third-order valence-electron chi connectivity index (χ3n) is 2.68. The highest BCUT2D eigenvalue weighted by Gasteiger charge is 2.30. The predicted octanol–water partition coefficient (Wildman–Crippen LogP) is 2.84. The highest BCUT2D eigenvalue weighted by Crippen LogP contribution is 2.34. The third kappa shape index (κ3) is 2.34. The van der Waals surface area contributed by atoms with E-state index in [4.69, 9.17) is 11.6 Å². The zero-order valence-corrected chi connectivity index (χ0v) is 9.79. The number of benzene rings is 1. The van der Waals surface area contributed by atoms with Crippen molar-refractivity contribution in [3.8, 4) is 0 Å². The molecule has 0 radical (unpaired) electrons. The van der Waals surface area contributed by atoms with Gasteiger partial charge in [0, 0.05) is 17.9 Å². The fraction of sp³-hybridized carbons (Fsp3) is 0.308. The van der Waals surface area contributed by atoms with E-state index in [0.29, 0.717) is 11.4 Å². The molecule has 0 fully saturated rings. The smallest absolute Gasteiger partial charge is 0.158 e. The maximum absolute atomic E-state index is 11.5. The zero-order chi connectivity index (χ0) is 11.8. The van der Waals surface area contributed by atoms with Gasteiger partial charge in [-0.1, -0.05) is 29.8 Å². The predicted molar refractivity (Wildman–Crippen MR) is 64.3 cm³/mol. The lowest BCUT2D eigenvalue weighted by Gasteiger charge is -2.27. The number of halogens is 1. The van der Waals surface area contributed by atoms with Crippen LogP contribution in [-0.4, -0.2) is 16.5 Å². The molecule has 2 rings (SSSR count). The number of carbonyl (C=O) groups excluding carboxylic acids is 1. The highest BCUT2D eigenvalue weighted by molar-refractivity contribution is 6.32. The summed E-state index contributed by atoms with van der Waals surface area (Å²) in [7, 11) is 0. The summed E-state index contributed by atoms with van der Waals surface area (Å²) < 4.78 is 0. The summed E-state index contributed by atoms with van der Waals surface area (Å²) in [5, 5.41) is 10.6. The summed E-state index contributed by atoms with van der Waals surface area (Å²) >= 11 is 6.06. The van der Waals surface area contributed by atoms with Crippen molar-refractivity contribution in [3.05, 3.63) is 40.9 Å². The number of ketones is 1. The number of allylic oxidation sites excluding steroid dienone is 1. The first-order valence-electron chi connectivity index (χ1n) is 5.19. The van der Waals surface area contributed by atoms with Gasteiger partial charge in [-0.2, -0.15) is 0 Å². The highest BCUT2D eigenvalue weighted by atomic mass is 35.5. The number of hydrogen-bond acceptors (Lipinski definition) is 2. The van der Waals surface area contributed by atoms with Crippen molar-refractivity contribution in [2.75, 3.05) is 0 Å². The third-order valence-corrected chi connectivity index (χ3v) is 3.01. The second-order valence-electron chi connectivity index (χ2n) is 4.47. The Morgan fingerprint density at radius 2 is 2.00 bits per heavy atom. The molecule has 1 N–H and O–H groups in total. The Bertz CT molecular complexity index is 461. The first-order chi connectivity index (χ1) is 7.48. The number of rotatable bonds is 1. The van der Waals surface area contributed by atoms with E-state index in [1.54, 1.807) is 19.1 Å². The second kappa shape index (κ2) is 4.04. The van der Waals surface area contributed by atoms with Gasteiger partial charge < -0.3 is 5.11 Å². The zero-order valence-electron chi connectivity index (χ0n) is 9.03. The molecule has 16 heavy (non-hydrogen) atoms. The molecule has 1 aliphatic carbocycles. The normalized spacial score (nSPS) is 25.4. The molecule has 1 atom stereocenters. The monoisotopic (exact) mass is 236 g/mol. The molecule has 2 nitrogen and oxygen atoms in total. The molecule has 0 amide bonds. The molecule has 0 heterocycles. The average Bonchev–Trinajstić information content (AvgIpc) is 2.15. The van der Waals surface area contributed by atoms with Gasteiger partial charge in [-0.25, -0.2) is 0 Å². The minimum atomic E-state index is -0.958. The lowest BCUT2D eigenvalue weighted by atomic mass is 9.83. The minimum absolute atomic E-state index is 0.0498. The molecule has 0 aromatic heterocycles. The van der Waals surface area contributed by atoms with Crippen molar-refractivity contribution in [1.29, 1.82) is 0 Å². The van der Waals surface area contributed by atoms with Crippen molar-refractivity contribution in [2.24, 2.45) is 0 Å². The van der Waals surface area contributed by atoms with Gasteiger partial charge >= 0.3 is 0 Å². The van der Waals surface area contributed by atoms with Crippen LogP contribution in [0.15, 0.2) is 30.3 Å². The van der Waals surface area contributed by atoms with E-state index in [9.17, 15) is 9.90 Å². The summed E-state index contributed by atoms with van der Waals surface area (Å²) in [6.45, 7) is 1.68. The van der Waals surface area contributed by atoms with Crippen LogP contribution in [0, 0.1) is 0 Å². The van der Waals surface area contributed by atoms with Gasteiger partial charge in [-0.3, -0.25) is 4.79 Å². The first kappa shape index (κ1) is 11.4. The Morgan fingerprint density at radius 3 is 2.62 bits per heavy atom. The van der Waals surface area contributed by atoms with Gasteiger partial charge in [-0.15, -0.1) is 0 Å². The molecule has 84 valence electrons. The molecule has 1 aromatic rings. The van der Waals surface area contributed by atoms with Crippen LogP contribution in [0.3, 0.4) is 0 Å². The standard InChI is InChI=1S/C13H13ClO2/c1-13(16)7-9(6-10(15)8-13)11-4-2-3-5-12(11)14/h2-6,16H,7-8H2,1H3. The number of carbonyl (C=O) groups is 1. The van der Waals surface area contributed by atoms with Crippen LogP contribution in [0.4, 0.5) is 0 Å². The van der Waals surface area contributed by atoms with E-state index < -0.39 is 5.60 Å². The lowest BCUT2D eigenvalue weighted by molar-refractivity contribution is -0.119. The van der Waals surface area contributed by atoms with Gasteiger partial charge in [0.25, 0.3) is 0 Å². The SMILES string of the molecule is CC1(O)CC(=O)C=C(c2ccccc2Cl)C1. The Labute approximate surface area is 99.5 Å². The number of aliphatic hydroxyl groups is 1. The van der Waals surface area contributed by atoms with Crippen molar-refractivity contribution in [2.45, 2.75) is 25.4 Å². The van der Waals surface area contributed by atoms with E-state index in [-0.39, 0.29) is 12.2 Å². The van der Waals surface area contributed by atoms with Gasteiger partial charge in [0.05, 0.1) is 5.60 Å². The molecule has 0 saturated carbocycles. The van der Waals surface area contributed by atoms with Crippen LogP contribution in [0.1, 0.15) is 25.3 Å². The number of hydrogen-bond donors (Lipinski definition) is 1. The molecule has 1 unspecified atom stereocenters. The van der Waals surface area contributed by atoms with Crippen LogP contribution in [0.25, 0.3) is 5.57 Å². The Kier molecular flexibility index (Phi) is 2.87. The van der Waals surface area contributed by atoms with E-state index in [1.807, 2.05) is 18.2 Å². The Morgan fingerprint density at radius 1 is 1.31 bits per heavy atom. The molecule has 0 saturated heterocycles. The molecular weight excluding hydrogens is 224 g/mol. The lowest BCUT2D eigenvalue weighted by Crippen LogP contribution is -2.31. The summed E-state index contributed by atoms with van der Waals surface area (Å²) in [4.78, 5) is 11.5. The largest absolute Gasteiger partial charge is 0.389 e. The topological polar surface area (TPSA) is 37.3 Å². The Hall–Kier alpha value is -1.12. The van der Waals surface area contributed by atoms with Crippen LogP contribution >= 0.6 is 11.6 Å². The maximum atomic E-state index is 11.5. The summed E-state index contributed by atoms with van der Waals surface area (Å²) in [5.41, 5.74) is 0.685. The van der Waals surface area contributed by atoms with Gasteiger partial charge in [0.1, 0.15) is 0 Å². The van der Waals surface area contributed by atoms with E-state index in [2.05, 4.69) is 0 Å². The molecule has 0 spiro atoms. The summed E-state index contributed by atoms with van der Waals surface area (Å²) in [6, 6.07) is 7.36. The van der Waals surface area contributed by atoms with E-state index in [0.717, 1.165) is 11.1 Å². The average molecular weight is 237 g/mol. The van der Waals surface area contributed by atoms with Gasteiger partial charge in [-0.05, 0) is 30.2 Å². The molecule has 0 aliphatic heterocycles. The first-order valence-corrected chi connectivity index (χ1v) is 5.56. The second-order valence-corrected chi connectivity index (χ2v) is 4.87. The molecular formula is C13H13ClO2. The summed E-state index contributed by atoms with van der Waals surface area (Å²) in [5.74, 6) is -0.0498. The van der Waals surface area contributed by atoms with Crippen LogP contribution in [-0.2, 0) is 4.79 Å². The van der Waals surface area contributed by atoms with Crippen molar-refractivity contribution in [3.63, 3.8) is 0 Å². The van der Waals surface area contributed by atoms with Gasteiger partial charge in [0.15, 0.2) is 5.78 Å². The van der Waals surface area contributed by atoms with E-state index in [1.165, 1.54) is 0 Å². The quantitative estimate of drug-likeness (QED) is 0.814. The minimum Gasteiger partial charge on any atom is -0.389 e. The molecule has 0 bridgehead atoms. The molecule has 3 heteroatoms. The summed E-state index contributed by atoms with van der Waals surface area (Å²) in [6.07, 6.45) is 2.22. The van der Waals surface area contributed by atoms with Crippen LogP contribution in [0.5, 0.6) is 0 Å². The van der Waals surface area contributed by atoms with Crippen LogP contribution < -0.4 is 0 Å². The van der Waals surface area contributed by atoms with E-state index >= 15 is 0 Å². The van der Waals surface area contributed by atoms with Crippen LogP contribution in [0.2, 0.25) is 5.02 Å². The molecule has 1 aromatic carbocycles. The van der Waals surface area contributed by atoms with Crippen molar-refractivity contribution in [1.82, 2.24) is 0 Å². The van der Waals surface area contributed by atoms with Crippen molar-refractivity contribution >= 4 is 23.0 Å². The fourth-order valence-electron chi connectivity index (χ4n) is 2.04. The van der Waals surface area contributed by atoms with Gasteiger partial charge in [0.2, 0.25) is 0 Å². The van der Waals surface area contributed by atoms with Crippen molar-refractivity contribution < 1.29 is 9.90 Å². The Balaban J connectivity index is 2.42. The molecule has 1 aliphatic rings.